The molecule has 0 N–H and O–H groups in total. The van der Waals surface area contributed by atoms with Gasteiger partial charge in [0.15, 0.2) is 5.82 Å². The smallest absolute Gasteiger partial charge is 0.161 e. The number of isothiocyanates is 1. The van der Waals surface area contributed by atoms with Crippen molar-refractivity contribution < 1.29 is 0 Å². The molecule has 0 atom stereocenters. The van der Waals surface area contributed by atoms with E-state index in [0.717, 1.165) is 11.5 Å². The minimum Gasteiger partial charge on any atom is -0.244 e. The van der Waals surface area contributed by atoms with Gasteiger partial charge in [-0.3, -0.25) is 0 Å². The van der Waals surface area contributed by atoms with Crippen molar-refractivity contribution in [2.24, 2.45) is 4.99 Å². The third kappa shape index (κ3) is 1.78. The van der Waals surface area contributed by atoms with E-state index in [-0.39, 0.29) is 0 Å². The second-order valence-corrected chi connectivity index (χ2v) is 3.07. The Balaban J connectivity index is 3.16. The lowest BCUT2D eigenvalue weighted by Gasteiger charge is -2.05. The summed E-state index contributed by atoms with van der Waals surface area (Å²) < 4.78 is 1.83. The maximum atomic E-state index is 4.53. The summed E-state index contributed by atoms with van der Waals surface area (Å²) in [5.41, 5.74) is 0.952. The highest BCUT2D eigenvalue weighted by Crippen LogP contribution is 2.17. The van der Waals surface area contributed by atoms with Crippen molar-refractivity contribution in [1.82, 2.24) is 9.78 Å². The molecule has 1 aromatic heterocycles. The molecular formula is C8H11N3S. The van der Waals surface area contributed by atoms with Gasteiger partial charge in [0.1, 0.15) is 0 Å². The fourth-order valence-electron chi connectivity index (χ4n) is 1.01. The number of nitrogens with zero attached hydrogens (tertiary/aromatic N) is 3. The largest absolute Gasteiger partial charge is 0.244 e. The summed E-state index contributed by atoms with van der Waals surface area (Å²) in [4.78, 5) is 3.91. The molecule has 64 valence electrons. The van der Waals surface area contributed by atoms with Crippen molar-refractivity contribution in [3.8, 4) is 0 Å². The van der Waals surface area contributed by atoms with E-state index in [1.54, 1.807) is 0 Å². The Hall–Kier alpha value is -0.990. The van der Waals surface area contributed by atoms with E-state index in [4.69, 9.17) is 0 Å². The Kier molecular flexibility index (Phi) is 2.74. The highest BCUT2D eigenvalue weighted by molar-refractivity contribution is 7.78. The van der Waals surface area contributed by atoms with Crippen LogP contribution in [-0.4, -0.2) is 14.9 Å². The zero-order valence-electron chi connectivity index (χ0n) is 7.40. The molecule has 1 aromatic rings. The number of hydrogen-bond donors (Lipinski definition) is 0. The summed E-state index contributed by atoms with van der Waals surface area (Å²) in [6.07, 6.45) is 0. The van der Waals surface area contributed by atoms with E-state index in [1.165, 1.54) is 0 Å². The molecule has 0 aliphatic rings. The Bertz CT molecular complexity index is 321. The standard InChI is InChI=1S/C8H11N3S/c1-6(2)11-8(9-5-12)4-7(3)10-11/h4,6H,1-3H3. The van der Waals surface area contributed by atoms with Gasteiger partial charge in [0.2, 0.25) is 0 Å². The molecule has 0 aromatic carbocycles. The highest BCUT2D eigenvalue weighted by Gasteiger charge is 2.05. The molecule has 0 amide bonds. The van der Waals surface area contributed by atoms with Crippen LogP contribution in [0.3, 0.4) is 0 Å². The predicted molar refractivity (Wildman–Crippen MR) is 52.0 cm³/mol. The monoisotopic (exact) mass is 181 g/mol. The molecule has 4 heteroatoms. The van der Waals surface area contributed by atoms with E-state index in [2.05, 4.69) is 41.3 Å². The minimum absolute atomic E-state index is 0.306. The second kappa shape index (κ2) is 3.61. The molecule has 0 saturated heterocycles. The molecule has 0 radical (unpaired) electrons. The van der Waals surface area contributed by atoms with Crippen molar-refractivity contribution in [2.45, 2.75) is 26.8 Å². The van der Waals surface area contributed by atoms with Crippen LogP contribution in [0.15, 0.2) is 11.1 Å². The van der Waals surface area contributed by atoms with Crippen molar-refractivity contribution in [3.05, 3.63) is 11.8 Å². The third-order valence-corrected chi connectivity index (χ3v) is 1.58. The molecule has 0 fully saturated rings. The topological polar surface area (TPSA) is 30.2 Å². The number of hydrogen-bond acceptors (Lipinski definition) is 3. The van der Waals surface area contributed by atoms with E-state index in [9.17, 15) is 0 Å². The van der Waals surface area contributed by atoms with Crippen molar-refractivity contribution in [2.75, 3.05) is 0 Å². The van der Waals surface area contributed by atoms with Crippen molar-refractivity contribution in [1.29, 1.82) is 0 Å². The summed E-state index contributed by atoms with van der Waals surface area (Å²) in [6.45, 7) is 6.03. The molecule has 0 spiro atoms. The fraction of sp³-hybridized carbons (Fsp3) is 0.500. The number of thiocarbonyl (C=S) groups is 1. The second-order valence-electron chi connectivity index (χ2n) is 2.89. The Morgan fingerprint density at radius 2 is 2.33 bits per heavy atom. The van der Waals surface area contributed by atoms with Crippen LogP contribution in [0, 0.1) is 6.92 Å². The Morgan fingerprint density at radius 1 is 1.67 bits per heavy atom. The van der Waals surface area contributed by atoms with Crippen LogP contribution >= 0.6 is 12.2 Å². The molecule has 12 heavy (non-hydrogen) atoms. The molecular weight excluding hydrogens is 170 g/mol. The Morgan fingerprint density at radius 3 is 2.83 bits per heavy atom. The average Bonchev–Trinajstić information content (AvgIpc) is 2.32. The average molecular weight is 181 g/mol. The molecule has 0 bridgehead atoms. The quantitative estimate of drug-likeness (QED) is 0.518. The van der Waals surface area contributed by atoms with Crippen molar-refractivity contribution in [3.63, 3.8) is 0 Å². The summed E-state index contributed by atoms with van der Waals surface area (Å²) in [5.74, 6) is 0.775. The van der Waals surface area contributed by atoms with Crippen LogP contribution in [0.4, 0.5) is 5.82 Å². The third-order valence-electron chi connectivity index (χ3n) is 1.49. The zero-order valence-corrected chi connectivity index (χ0v) is 8.22. The van der Waals surface area contributed by atoms with Crippen LogP contribution in [0.1, 0.15) is 25.6 Å². The summed E-state index contributed by atoms with van der Waals surface area (Å²) >= 11 is 4.53. The van der Waals surface area contributed by atoms with Gasteiger partial charge in [-0.25, -0.2) is 4.68 Å². The van der Waals surface area contributed by atoms with E-state index in [1.807, 2.05) is 17.7 Å². The highest BCUT2D eigenvalue weighted by atomic mass is 32.1. The van der Waals surface area contributed by atoms with Crippen LogP contribution in [-0.2, 0) is 0 Å². The van der Waals surface area contributed by atoms with Crippen LogP contribution in [0.25, 0.3) is 0 Å². The number of aromatic nitrogens is 2. The van der Waals surface area contributed by atoms with Gasteiger partial charge in [-0.2, -0.15) is 10.1 Å². The summed E-state index contributed by atoms with van der Waals surface area (Å²) in [5, 5.41) is 6.61. The summed E-state index contributed by atoms with van der Waals surface area (Å²) in [7, 11) is 0. The van der Waals surface area contributed by atoms with Gasteiger partial charge in [-0.05, 0) is 33.0 Å². The van der Waals surface area contributed by atoms with Gasteiger partial charge in [0.05, 0.1) is 10.9 Å². The van der Waals surface area contributed by atoms with Crippen molar-refractivity contribution >= 4 is 23.2 Å². The van der Waals surface area contributed by atoms with Gasteiger partial charge < -0.3 is 0 Å². The van der Waals surface area contributed by atoms with Gasteiger partial charge in [0.25, 0.3) is 0 Å². The first kappa shape index (κ1) is 9.10. The first-order valence-electron chi connectivity index (χ1n) is 3.79. The van der Waals surface area contributed by atoms with E-state index >= 15 is 0 Å². The SMILES string of the molecule is Cc1cc(N=C=S)n(C(C)C)n1. The van der Waals surface area contributed by atoms with Crippen LogP contribution in [0.2, 0.25) is 0 Å². The van der Waals surface area contributed by atoms with Gasteiger partial charge >= 0.3 is 0 Å². The molecule has 0 aliphatic heterocycles. The lowest BCUT2D eigenvalue weighted by atomic mass is 10.4. The van der Waals surface area contributed by atoms with E-state index < -0.39 is 0 Å². The zero-order chi connectivity index (χ0) is 9.14. The summed E-state index contributed by atoms with van der Waals surface area (Å²) in [6, 6.07) is 2.19. The molecule has 0 unspecified atom stereocenters. The number of aliphatic imine (C=N–C) groups is 1. The lowest BCUT2D eigenvalue weighted by molar-refractivity contribution is 0.534. The van der Waals surface area contributed by atoms with E-state index in [0.29, 0.717) is 6.04 Å². The molecule has 0 aliphatic carbocycles. The molecule has 3 nitrogen and oxygen atoms in total. The van der Waals surface area contributed by atoms with Gasteiger partial charge in [-0.15, -0.1) is 0 Å². The fourth-order valence-corrected chi connectivity index (χ4v) is 1.11. The molecule has 1 heterocycles. The maximum Gasteiger partial charge on any atom is 0.161 e. The Labute approximate surface area is 77.1 Å². The minimum atomic E-state index is 0.306. The lowest BCUT2D eigenvalue weighted by Crippen LogP contribution is -2.01. The molecule has 0 saturated carbocycles. The maximum absolute atomic E-state index is 4.53. The first-order valence-corrected chi connectivity index (χ1v) is 4.20. The number of rotatable bonds is 2. The normalized spacial score (nSPS) is 10.0. The van der Waals surface area contributed by atoms with Crippen LogP contribution in [0.5, 0.6) is 0 Å². The molecule has 1 rings (SSSR count). The van der Waals surface area contributed by atoms with Gasteiger partial charge in [0, 0.05) is 12.1 Å². The predicted octanol–water partition coefficient (Wildman–Crippen LogP) is 2.51. The number of aryl methyl sites for hydroxylation is 1. The van der Waals surface area contributed by atoms with Crippen LogP contribution < -0.4 is 0 Å². The van der Waals surface area contributed by atoms with Gasteiger partial charge in [-0.1, -0.05) is 0 Å². The first-order chi connectivity index (χ1) is 5.65.